The monoisotopic (exact) mass is 400 g/mol. The van der Waals surface area contributed by atoms with Gasteiger partial charge in [-0.2, -0.15) is 0 Å². The van der Waals surface area contributed by atoms with Crippen molar-refractivity contribution in [2.75, 3.05) is 60.9 Å². The van der Waals surface area contributed by atoms with Gasteiger partial charge in [0, 0.05) is 34.2 Å². The molecule has 0 bridgehead atoms. The van der Waals surface area contributed by atoms with Crippen molar-refractivity contribution in [2.45, 2.75) is 48.0 Å². The van der Waals surface area contributed by atoms with Crippen LogP contribution in [0, 0.1) is 11.8 Å². The van der Waals surface area contributed by atoms with Gasteiger partial charge in [0.25, 0.3) is 0 Å². The second kappa shape index (κ2) is 14.4. The molecule has 0 aromatic carbocycles. The fourth-order valence-electron chi connectivity index (χ4n) is 2.72. The van der Waals surface area contributed by atoms with E-state index in [2.05, 4.69) is 27.7 Å². The Morgan fingerprint density at radius 1 is 0.679 bits per heavy atom. The number of hydrogen-bond acceptors (Lipinski definition) is 4. The van der Waals surface area contributed by atoms with Crippen molar-refractivity contribution in [1.29, 1.82) is 0 Å². The third-order valence-electron chi connectivity index (χ3n) is 4.38. The molecule has 0 saturated heterocycles. The molecule has 0 rings (SSSR count). The Morgan fingerprint density at radius 2 is 1.11 bits per heavy atom. The van der Waals surface area contributed by atoms with Crippen LogP contribution in [-0.4, -0.2) is 98.2 Å². The maximum absolute atomic E-state index is 12.3. The predicted octanol–water partition coefficient (Wildman–Crippen LogP) is 2.02. The zero-order valence-corrected chi connectivity index (χ0v) is 18.6. The number of amides is 3. The minimum Gasteiger partial charge on any atom is -0.344 e. The minimum atomic E-state index is -0.235. The van der Waals surface area contributed by atoms with E-state index in [0.717, 1.165) is 19.4 Å². The Bertz CT molecular complexity index is 480. The lowest BCUT2D eigenvalue weighted by Crippen LogP contribution is -2.46. The molecule has 0 spiro atoms. The van der Waals surface area contributed by atoms with Crippen LogP contribution < -0.4 is 0 Å². The summed E-state index contributed by atoms with van der Waals surface area (Å²) < 4.78 is 0. The summed E-state index contributed by atoms with van der Waals surface area (Å²) in [5, 5.41) is 0. The van der Waals surface area contributed by atoms with Gasteiger partial charge < -0.3 is 14.7 Å². The molecule has 0 fully saturated rings. The van der Waals surface area contributed by atoms with Gasteiger partial charge in [0.05, 0.1) is 19.6 Å². The number of carbonyl (C=O) groups excluding carboxylic acids is 3. The third-order valence-corrected chi connectivity index (χ3v) is 4.38. The zero-order chi connectivity index (χ0) is 21.1. The number of hydrogen-bond donors (Lipinski definition) is 0. The average Bonchev–Trinajstić information content (AvgIpc) is 2.52. The van der Waals surface area contributed by atoms with Crippen molar-refractivity contribution < 1.29 is 14.4 Å². The normalized spacial score (nSPS) is 10.8. The summed E-state index contributed by atoms with van der Waals surface area (Å²) in [4.78, 5) is 43.2. The Balaban J connectivity index is 0. The highest BCUT2D eigenvalue weighted by atomic mass is 16.2. The molecule has 0 radical (unpaired) electrons. The van der Waals surface area contributed by atoms with E-state index in [1.165, 1.54) is 9.80 Å². The highest BCUT2D eigenvalue weighted by Crippen LogP contribution is 2.04. The van der Waals surface area contributed by atoms with E-state index in [9.17, 15) is 14.4 Å². The molecule has 0 aliphatic rings. The topological polar surface area (TPSA) is 64.2 Å². The number of nitrogens with zero attached hydrogens (tertiary/aromatic N) is 4. The largest absolute Gasteiger partial charge is 0.344 e. The molecule has 166 valence electrons. The van der Waals surface area contributed by atoms with Gasteiger partial charge in [-0.1, -0.05) is 35.1 Å². The molecule has 0 unspecified atom stereocenters. The molecule has 0 N–H and O–H groups in total. The molecule has 0 aromatic heterocycles. The van der Waals surface area contributed by atoms with Crippen molar-refractivity contribution in [3.05, 3.63) is 0 Å². The van der Waals surface area contributed by atoms with Crippen LogP contribution in [0.4, 0.5) is 0 Å². The Kier molecular flexibility index (Phi) is 14.7. The van der Waals surface area contributed by atoms with Crippen LogP contribution in [0.15, 0.2) is 0 Å². The summed E-state index contributed by atoms with van der Waals surface area (Å²) in [6.07, 6.45) is 2.03. The van der Waals surface area contributed by atoms with Crippen LogP contribution in [0.2, 0.25) is 0 Å². The SMILES string of the molecule is C.CC(C)CCCN(C)C(=O)CN(C)C(=O)CN(C)C(=O)CN(C)CC(C)C. The highest BCUT2D eigenvalue weighted by molar-refractivity contribution is 5.88. The molecular weight excluding hydrogens is 356 g/mol. The van der Waals surface area contributed by atoms with E-state index in [1.807, 2.05) is 11.9 Å². The standard InChI is InChI=1S/C20H40N4O3.CH4/c1-16(2)10-9-11-22(6)19(26)14-24(8)20(27)15-23(7)18(25)13-21(5)12-17(3)4;/h16-17H,9-15H2,1-8H3;1H4. The maximum Gasteiger partial charge on any atom is 0.242 e. The van der Waals surface area contributed by atoms with Crippen molar-refractivity contribution in [2.24, 2.45) is 11.8 Å². The van der Waals surface area contributed by atoms with Crippen molar-refractivity contribution in [1.82, 2.24) is 19.6 Å². The quantitative estimate of drug-likeness (QED) is 0.503. The average molecular weight is 401 g/mol. The van der Waals surface area contributed by atoms with Gasteiger partial charge >= 0.3 is 0 Å². The predicted molar refractivity (Wildman–Crippen MR) is 116 cm³/mol. The Labute approximate surface area is 173 Å². The van der Waals surface area contributed by atoms with E-state index >= 15 is 0 Å². The van der Waals surface area contributed by atoms with Gasteiger partial charge in [0.15, 0.2) is 0 Å². The van der Waals surface area contributed by atoms with Gasteiger partial charge in [0.1, 0.15) is 0 Å². The molecule has 7 heteroatoms. The number of rotatable bonds is 12. The van der Waals surface area contributed by atoms with Gasteiger partial charge in [-0.25, -0.2) is 0 Å². The maximum atomic E-state index is 12.3. The molecule has 0 saturated carbocycles. The molecule has 0 aliphatic heterocycles. The van der Waals surface area contributed by atoms with E-state index in [1.54, 1.807) is 26.0 Å². The fraction of sp³-hybridized carbons (Fsp3) is 0.857. The van der Waals surface area contributed by atoms with Crippen molar-refractivity contribution in [3.8, 4) is 0 Å². The molecule has 0 heterocycles. The van der Waals surface area contributed by atoms with Gasteiger partial charge in [0.2, 0.25) is 17.7 Å². The second-order valence-electron chi connectivity index (χ2n) is 8.44. The van der Waals surface area contributed by atoms with E-state index in [-0.39, 0.29) is 44.8 Å². The molecule has 28 heavy (non-hydrogen) atoms. The molecule has 7 nitrogen and oxygen atoms in total. The van der Waals surface area contributed by atoms with Crippen LogP contribution >= 0.6 is 0 Å². The third kappa shape index (κ3) is 12.7. The summed E-state index contributed by atoms with van der Waals surface area (Å²) in [7, 11) is 6.89. The summed E-state index contributed by atoms with van der Waals surface area (Å²) in [6.45, 7) is 10.3. The van der Waals surface area contributed by atoms with Crippen molar-refractivity contribution in [3.63, 3.8) is 0 Å². The first-order valence-corrected chi connectivity index (χ1v) is 9.84. The molecular formula is C21H44N4O3. The van der Waals surface area contributed by atoms with Crippen LogP contribution in [-0.2, 0) is 14.4 Å². The zero-order valence-electron chi connectivity index (χ0n) is 18.6. The lowest BCUT2D eigenvalue weighted by Gasteiger charge is -2.26. The first-order chi connectivity index (χ1) is 12.4. The fourth-order valence-corrected chi connectivity index (χ4v) is 2.72. The van der Waals surface area contributed by atoms with Crippen LogP contribution in [0.1, 0.15) is 48.0 Å². The van der Waals surface area contributed by atoms with Gasteiger partial charge in [-0.15, -0.1) is 0 Å². The van der Waals surface area contributed by atoms with Crippen LogP contribution in [0.5, 0.6) is 0 Å². The van der Waals surface area contributed by atoms with Crippen LogP contribution in [0.25, 0.3) is 0 Å². The van der Waals surface area contributed by atoms with Gasteiger partial charge in [-0.05, 0) is 31.7 Å². The minimum absolute atomic E-state index is 0. The summed E-state index contributed by atoms with van der Waals surface area (Å²) in [5.41, 5.74) is 0. The Hall–Kier alpha value is -1.63. The number of likely N-dealkylation sites (N-methyl/N-ethyl adjacent to an activating group) is 4. The van der Waals surface area contributed by atoms with Gasteiger partial charge in [-0.3, -0.25) is 19.3 Å². The molecule has 3 amide bonds. The van der Waals surface area contributed by atoms with Crippen molar-refractivity contribution >= 4 is 17.7 Å². The Morgan fingerprint density at radius 3 is 1.54 bits per heavy atom. The molecule has 0 atom stereocenters. The lowest BCUT2D eigenvalue weighted by molar-refractivity contribution is -0.142. The lowest BCUT2D eigenvalue weighted by atomic mass is 10.1. The number of carbonyl (C=O) groups is 3. The van der Waals surface area contributed by atoms with E-state index in [0.29, 0.717) is 18.4 Å². The molecule has 0 aliphatic carbocycles. The van der Waals surface area contributed by atoms with Crippen LogP contribution in [0.3, 0.4) is 0 Å². The second-order valence-corrected chi connectivity index (χ2v) is 8.44. The smallest absolute Gasteiger partial charge is 0.242 e. The van der Waals surface area contributed by atoms with E-state index in [4.69, 9.17) is 0 Å². The first kappa shape index (κ1) is 28.6. The van der Waals surface area contributed by atoms with E-state index < -0.39 is 0 Å². The summed E-state index contributed by atoms with van der Waals surface area (Å²) in [6, 6.07) is 0. The first-order valence-electron chi connectivity index (χ1n) is 9.84. The summed E-state index contributed by atoms with van der Waals surface area (Å²) in [5.74, 6) is 0.674. The summed E-state index contributed by atoms with van der Waals surface area (Å²) >= 11 is 0. The highest BCUT2D eigenvalue weighted by Gasteiger charge is 2.20. The molecule has 0 aromatic rings.